The van der Waals surface area contributed by atoms with Gasteiger partial charge in [0.05, 0.1) is 6.10 Å². The predicted octanol–water partition coefficient (Wildman–Crippen LogP) is 4.88. The fourth-order valence-electron chi connectivity index (χ4n) is 5.23. The predicted molar refractivity (Wildman–Crippen MR) is 139 cm³/mol. The van der Waals surface area contributed by atoms with Gasteiger partial charge in [0.2, 0.25) is 0 Å². The normalized spacial score (nSPS) is 23.2. The van der Waals surface area contributed by atoms with Crippen molar-refractivity contribution in [3.63, 3.8) is 0 Å². The van der Waals surface area contributed by atoms with Crippen molar-refractivity contribution < 1.29 is 13.2 Å². The summed E-state index contributed by atoms with van der Waals surface area (Å²) in [7, 11) is -1.86. The van der Waals surface area contributed by atoms with Crippen LogP contribution in [0.4, 0.5) is 0 Å². The monoisotopic (exact) mass is 543 g/mol. The number of likely N-dealkylation sites (tertiary alicyclic amines) is 1. The second-order valence-electron chi connectivity index (χ2n) is 10.1. The second-order valence-corrected chi connectivity index (χ2v) is 12.6. The molecule has 1 aliphatic heterocycles. The first-order valence-corrected chi connectivity index (χ1v) is 14.9. The van der Waals surface area contributed by atoms with E-state index in [9.17, 15) is 8.42 Å². The Morgan fingerprint density at radius 1 is 1.09 bits per heavy atom. The minimum Gasteiger partial charge on any atom is -0.491 e. The first kappa shape index (κ1) is 26.9. The molecule has 1 aromatic carbocycles. The summed E-state index contributed by atoms with van der Waals surface area (Å²) in [5.74, 6) is 2.45. The summed E-state index contributed by atoms with van der Waals surface area (Å²) in [6.07, 6.45) is 10.5. The molecule has 2 N–H and O–H groups in total. The average molecular weight is 545 g/mol. The van der Waals surface area contributed by atoms with Crippen molar-refractivity contribution in [3.8, 4) is 5.75 Å². The molecule has 0 radical (unpaired) electrons. The summed E-state index contributed by atoms with van der Waals surface area (Å²) in [6.45, 7) is 7.72. The van der Waals surface area contributed by atoms with E-state index in [-0.39, 0.29) is 12.1 Å². The molecule has 0 atom stereocenters. The Kier molecular flexibility index (Phi) is 10.5. The summed E-state index contributed by atoms with van der Waals surface area (Å²) in [4.78, 5) is 2.64. The second kappa shape index (κ2) is 12.9. The van der Waals surface area contributed by atoms with Crippen molar-refractivity contribution in [2.24, 2.45) is 11.8 Å². The number of benzene rings is 1. The van der Waals surface area contributed by atoms with Crippen LogP contribution in [0.3, 0.4) is 0 Å². The zero-order chi connectivity index (χ0) is 23.8. The third kappa shape index (κ3) is 9.13. The van der Waals surface area contributed by atoms with E-state index in [0.29, 0.717) is 0 Å². The average Bonchev–Trinajstić information content (AvgIpc) is 2.78. The first-order chi connectivity index (χ1) is 15.7. The smallest absolute Gasteiger partial charge is 0.276 e. The summed E-state index contributed by atoms with van der Waals surface area (Å²) in [5, 5.41) is 0. The van der Waals surface area contributed by atoms with Gasteiger partial charge in [-0.05, 0) is 127 Å². The van der Waals surface area contributed by atoms with E-state index in [1.165, 1.54) is 62.4 Å². The van der Waals surface area contributed by atoms with Crippen LogP contribution in [0, 0.1) is 11.8 Å². The van der Waals surface area contributed by atoms with Crippen LogP contribution in [-0.4, -0.2) is 52.1 Å². The molecular formula is C25H42BrN3O3S. The third-order valence-corrected chi connectivity index (χ3v) is 9.08. The Balaban J connectivity index is 1.32. The Morgan fingerprint density at radius 2 is 1.79 bits per heavy atom. The van der Waals surface area contributed by atoms with Gasteiger partial charge < -0.3 is 9.64 Å². The van der Waals surface area contributed by atoms with Gasteiger partial charge in [-0.3, -0.25) is 0 Å². The Bertz CT molecular complexity index is 833. The summed E-state index contributed by atoms with van der Waals surface area (Å²) < 4.78 is 35.5. The van der Waals surface area contributed by atoms with E-state index >= 15 is 0 Å². The Morgan fingerprint density at radius 3 is 2.42 bits per heavy atom. The van der Waals surface area contributed by atoms with Crippen molar-refractivity contribution in [3.05, 3.63) is 28.2 Å². The molecule has 0 unspecified atom stereocenters. The van der Waals surface area contributed by atoms with E-state index in [4.69, 9.17) is 4.74 Å². The number of piperidine rings is 1. The number of hydrogen-bond acceptors (Lipinski definition) is 4. The highest BCUT2D eigenvalue weighted by Crippen LogP contribution is 2.30. The molecule has 3 rings (SSSR count). The lowest BCUT2D eigenvalue weighted by Gasteiger charge is -2.33. The fourth-order valence-corrected chi connectivity index (χ4v) is 6.43. The van der Waals surface area contributed by atoms with Crippen LogP contribution in [0.5, 0.6) is 5.75 Å². The summed E-state index contributed by atoms with van der Waals surface area (Å²) >= 11 is 3.73. The number of hydrogen-bond donors (Lipinski definition) is 2. The summed E-state index contributed by atoms with van der Waals surface area (Å²) in [5.41, 5.74) is 1.36. The van der Waals surface area contributed by atoms with E-state index in [0.717, 1.165) is 49.7 Å². The van der Waals surface area contributed by atoms with E-state index in [2.05, 4.69) is 56.3 Å². The fraction of sp³-hybridized carbons (Fsp3) is 0.760. The number of rotatable bonds is 11. The number of halogens is 1. The highest BCUT2D eigenvalue weighted by atomic mass is 79.9. The van der Waals surface area contributed by atoms with Crippen molar-refractivity contribution in [2.45, 2.75) is 83.8 Å². The number of ether oxygens (including phenoxy) is 1. The molecule has 8 heteroatoms. The molecule has 1 saturated carbocycles. The molecule has 0 spiro atoms. The van der Waals surface area contributed by atoms with E-state index in [1.54, 1.807) is 0 Å². The lowest BCUT2D eigenvalue weighted by molar-refractivity contribution is 0.174. The quantitative estimate of drug-likeness (QED) is 0.417. The van der Waals surface area contributed by atoms with Crippen LogP contribution >= 0.6 is 15.9 Å². The highest BCUT2D eigenvalue weighted by molar-refractivity contribution is 9.10. The van der Waals surface area contributed by atoms with Crippen LogP contribution in [0.2, 0.25) is 0 Å². The van der Waals surface area contributed by atoms with Gasteiger partial charge in [-0.15, -0.1) is 0 Å². The molecule has 2 fully saturated rings. The lowest BCUT2D eigenvalue weighted by atomic mass is 9.83. The van der Waals surface area contributed by atoms with E-state index in [1.807, 2.05) is 6.07 Å². The van der Waals surface area contributed by atoms with Gasteiger partial charge in [-0.2, -0.15) is 13.1 Å². The Labute approximate surface area is 209 Å². The molecule has 2 aliphatic rings. The topological polar surface area (TPSA) is 70.7 Å². The zero-order valence-corrected chi connectivity index (χ0v) is 22.9. The maximum absolute atomic E-state index is 11.7. The molecule has 0 aromatic heterocycles. The van der Waals surface area contributed by atoms with Gasteiger partial charge in [0, 0.05) is 17.6 Å². The first-order valence-electron chi connectivity index (χ1n) is 12.6. The molecule has 1 aliphatic carbocycles. The molecular weight excluding hydrogens is 502 g/mol. The van der Waals surface area contributed by atoms with Gasteiger partial charge in [-0.1, -0.05) is 15.9 Å². The molecule has 0 bridgehead atoms. The maximum Gasteiger partial charge on any atom is 0.276 e. The molecule has 33 heavy (non-hydrogen) atoms. The minimum absolute atomic E-state index is 0.0930. The number of nitrogens with one attached hydrogen (secondary N) is 2. The molecule has 6 nitrogen and oxygen atoms in total. The molecule has 1 heterocycles. The minimum atomic E-state index is -3.32. The van der Waals surface area contributed by atoms with Gasteiger partial charge in [0.15, 0.2) is 0 Å². The highest BCUT2D eigenvalue weighted by Gasteiger charge is 2.25. The van der Waals surface area contributed by atoms with Gasteiger partial charge >= 0.3 is 0 Å². The van der Waals surface area contributed by atoms with Crippen molar-refractivity contribution in [2.75, 3.05) is 26.7 Å². The van der Waals surface area contributed by atoms with Crippen LogP contribution in [-0.2, 0) is 16.6 Å². The third-order valence-electron chi connectivity index (χ3n) is 7.13. The van der Waals surface area contributed by atoms with Gasteiger partial charge in [0.25, 0.3) is 10.2 Å². The van der Waals surface area contributed by atoms with Gasteiger partial charge in [0.1, 0.15) is 5.75 Å². The molecule has 0 amide bonds. The maximum atomic E-state index is 11.7. The van der Waals surface area contributed by atoms with Crippen LogP contribution in [0.15, 0.2) is 22.7 Å². The van der Waals surface area contributed by atoms with Crippen LogP contribution in [0.1, 0.15) is 70.8 Å². The standard InChI is InChI=1S/C25H42BrN3O3S/c1-19(2)32-24-10-11-25(26)22(18-24)17-21-12-15-29(16-13-21)14-4-5-20-6-8-23(9-7-20)28-33(30,31)27-3/h10-11,18-21,23,27-28H,4-9,12-17H2,1-3H3. The number of nitrogens with zero attached hydrogens (tertiary/aromatic N) is 1. The van der Waals surface area contributed by atoms with Crippen LogP contribution in [0.25, 0.3) is 0 Å². The lowest BCUT2D eigenvalue weighted by Crippen LogP contribution is -2.42. The zero-order valence-electron chi connectivity index (χ0n) is 20.5. The van der Waals surface area contributed by atoms with Crippen LogP contribution < -0.4 is 14.2 Å². The SMILES string of the molecule is CNS(=O)(=O)NC1CCC(CCCN2CCC(Cc3cc(OC(C)C)ccc3Br)CC2)CC1. The largest absolute Gasteiger partial charge is 0.491 e. The molecule has 1 aromatic rings. The Hall–Kier alpha value is -0.670. The van der Waals surface area contributed by atoms with Crippen molar-refractivity contribution in [1.82, 2.24) is 14.3 Å². The molecule has 1 saturated heterocycles. The van der Waals surface area contributed by atoms with Gasteiger partial charge in [-0.25, -0.2) is 4.72 Å². The molecule has 188 valence electrons. The van der Waals surface area contributed by atoms with Crippen molar-refractivity contribution >= 4 is 26.1 Å². The van der Waals surface area contributed by atoms with E-state index < -0.39 is 10.2 Å². The van der Waals surface area contributed by atoms with Crippen molar-refractivity contribution in [1.29, 1.82) is 0 Å². The summed E-state index contributed by atoms with van der Waals surface area (Å²) in [6, 6.07) is 6.46.